The predicted molar refractivity (Wildman–Crippen MR) is 94.2 cm³/mol. The molecule has 1 heterocycles. The van der Waals surface area contributed by atoms with Crippen molar-refractivity contribution in [1.29, 1.82) is 0 Å². The number of aryl methyl sites for hydroxylation is 1. The SMILES string of the molecule is CCc1cc2ccc(C(=O)c3ccc(C(C)(C)C)cc3)cc2o1. The van der Waals surface area contributed by atoms with E-state index >= 15 is 0 Å². The second kappa shape index (κ2) is 5.69. The van der Waals surface area contributed by atoms with Crippen molar-refractivity contribution >= 4 is 16.8 Å². The highest BCUT2D eigenvalue weighted by atomic mass is 16.3. The highest BCUT2D eigenvalue weighted by Gasteiger charge is 2.15. The first-order valence-electron chi connectivity index (χ1n) is 8.06. The minimum atomic E-state index is 0.0295. The summed E-state index contributed by atoms with van der Waals surface area (Å²) in [6.45, 7) is 8.56. The first-order chi connectivity index (χ1) is 10.9. The van der Waals surface area contributed by atoms with Crippen molar-refractivity contribution in [1.82, 2.24) is 0 Å². The minimum Gasteiger partial charge on any atom is -0.461 e. The van der Waals surface area contributed by atoms with Crippen LogP contribution in [0.25, 0.3) is 11.0 Å². The molecule has 0 radical (unpaired) electrons. The van der Waals surface area contributed by atoms with Crippen molar-refractivity contribution < 1.29 is 9.21 Å². The fourth-order valence-corrected chi connectivity index (χ4v) is 2.69. The zero-order valence-electron chi connectivity index (χ0n) is 14.1. The topological polar surface area (TPSA) is 30.2 Å². The van der Waals surface area contributed by atoms with Gasteiger partial charge in [0.1, 0.15) is 11.3 Å². The molecule has 118 valence electrons. The van der Waals surface area contributed by atoms with Gasteiger partial charge in [0, 0.05) is 22.9 Å². The molecule has 0 unspecified atom stereocenters. The molecule has 2 nitrogen and oxygen atoms in total. The summed E-state index contributed by atoms with van der Waals surface area (Å²) >= 11 is 0. The van der Waals surface area contributed by atoms with Crippen LogP contribution in [0.1, 0.15) is 54.9 Å². The number of carbonyl (C=O) groups is 1. The number of benzene rings is 2. The van der Waals surface area contributed by atoms with Gasteiger partial charge in [-0.1, -0.05) is 64.1 Å². The van der Waals surface area contributed by atoms with E-state index in [9.17, 15) is 4.79 Å². The zero-order valence-corrected chi connectivity index (χ0v) is 14.1. The molecule has 0 amide bonds. The van der Waals surface area contributed by atoms with E-state index in [1.54, 1.807) is 0 Å². The molecule has 23 heavy (non-hydrogen) atoms. The second-order valence-corrected chi connectivity index (χ2v) is 6.98. The molecule has 0 atom stereocenters. The van der Waals surface area contributed by atoms with Gasteiger partial charge in [0.2, 0.25) is 0 Å². The van der Waals surface area contributed by atoms with Crippen LogP contribution >= 0.6 is 0 Å². The van der Waals surface area contributed by atoms with Gasteiger partial charge in [-0.15, -0.1) is 0 Å². The molecule has 0 bridgehead atoms. The Morgan fingerprint density at radius 3 is 2.22 bits per heavy atom. The highest BCUT2D eigenvalue weighted by Crippen LogP contribution is 2.25. The number of hydrogen-bond donors (Lipinski definition) is 0. The van der Waals surface area contributed by atoms with Crippen molar-refractivity contribution in [2.75, 3.05) is 0 Å². The first kappa shape index (κ1) is 15.5. The van der Waals surface area contributed by atoms with Gasteiger partial charge in [-0.05, 0) is 23.1 Å². The number of fused-ring (bicyclic) bond motifs is 1. The standard InChI is InChI=1S/C21H22O2/c1-5-18-12-15-6-7-16(13-19(15)23-18)20(22)14-8-10-17(11-9-14)21(2,3)4/h6-13H,5H2,1-4H3. The smallest absolute Gasteiger partial charge is 0.193 e. The van der Waals surface area contributed by atoms with E-state index in [0.717, 1.165) is 23.2 Å². The van der Waals surface area contributed by atoms with Crippen molar-refractivity contribution in [2.45, 2.75) is 39.5 Å². The van der Waals surface area contributed by atoms with Crippen LogP contribution in [0.4, 0.5) is 0 Å². The summed E-state index contributed by atoms with van der Waals surface area (Å²) in [6.07, 6.45) is 0.853. The van der Waals surface area contributed by atoms with Gasteiger partial charge < -0.3 is 4.42 Å². The van der Waals surface area contributed by atoms with Crippen LogP contribution in [-0.4, -0.2) is 5.78 Å². The fourth-order valence-electron chi connectivity index (χ4n) is 2.69. The summed E-state index contributed by atoms with van der Waals surface area (Å²) in [5.74, 6) is 0.973. The molecule has 0 fully saturated rings. The van der Waals surface area contributed by atoms with Crippen molar-refractivity contribution in [3.63, 3.8) is 0 Å². The molecule has 1 aromatic heterocycles. The summed E-state index contributed by atoms with van der Waals surface area (Å²) in [4.78, 5) is 12.7. The first-order valence-corrected chi connectivity index (χ1v) is 8.06. The van der Waals surface area contributed by atoms with Crippen molar-refractivity contribution in [3.8, 4) is 0 Å². The quantitative estimate of drug-likeness (QED) is 0.596. The monoisotopic (exact) mass is 306 g/mol. The Balaban J connectivity index is 1.93. The minimum absolute atomic E-state index is 0.0295. The lowest BCUT2D eigenvalue weighted by atomic mass is 9.86. The third kappa shape index (κ3) is 3.07. The lowest BCUT2D eigenvalue weighted by Gasteiger charge is -2.19. The molecular formula is C21H22O2. The lowest BCUT2D eigenvalue weighted by Crippen LogP contribution is -2.11. The van der Waals surface area contributed by atoms with Gasteiger partial charge in [-0.25, -0.2) is 0 Å². The molecule has 0 saturated heterocycles. The summed E-state index contributed by atoms with van der Waals surface area (Å²) in [5.41, 5.74) is 3.46. The summed E-state index contributed by atoms with van der Waals surface area (Å²) in [7, 11) is 0. The number of ketones is 1. The van der Waals surface area contributed by atoms with Gasteiger partial charge in [-0.2, -0.15) is 0 Å². The number of carbonyl (C=O) groups excluding carboxylic acids is 1. The van der Waals surface area contributed by atoms with E-state index in [1.807, 2.05) is 48.5 Å². The van der Waals surface area contributed by atoms with Crippen LogP contribution in [0.3, 0.4) is 0 Å². The van der Waals surface area contributed by atoms with Crippen molar-refractivity contribution in [3.05, 3.63) is 71.0 Å². The Bertz CT molecular complexity index is 846. The van der Waals surface area contributed by atoms with E-state index in [0.29, 0.717) is 11.1 Å². The van der Waals surface area contributed by atoms with Crippen LogP contribution in [0.15, 0.2) is 52.9 Å². The average molecular weight is 306 g/mol. The normalized spacial score (nSPS) is 11.8. The van der Waals surface area contributed by atoms with E-state index < -0.39 is 0 Å². The molecule has 0 N–H and O–H groups in total. The molecule has 2 heteroatoms. The molecule has 3 aromatic rings. The molecule has 0 aliphatic carbocycles. The van der Waals surface area contributed by atoms with Gasteiger partial charge >= 0.3 is 0 Å². The lowest BCUT2D eigenvalue weighted by molar-refractivity contribution is 0.103. The molecule has 3 rings (SSSR count). The van der Waals surface area contributed by atoms with Gasteiger partial charge in [0.25, 0.3) is 0 Å². The Kier molecular flexibility index (Phi) is 3.85. The van der Waals surface area contributed by atoms with Gasteiger partial charge in [0.05, 0.1) is 0 Å². The molecule has 2 aromatic carbocycles. The molecule has 0 spiro atoms. The van der Waals surface area contributed by atoms with Crippen LogP contribution in [0.5, 0.6) is 0 Å². The van der Waals surface area contributed by atoms with E-state index in [4.69, 9.17) is 4.42 Å². The number of furan rings is 1. The van der Waals surface area contributed by atoms with Crippen LogP contribution in [-0.2, 0) is 11.8 Å². The maximum absolute atomic E-state index is 12.7. The molecule has 0 aliphatic rings. The third-order valence-electron chi connectivity index (χ3n) is 4.19. The van der Waals surface area contributed by atoms with E-state index in [1.165, 1.54) is 5.56 Å². The Hall–Kier alpha value is -2.35. The Labute approximate surface area is 137 Å². The maximum atomic E-state index is 12.7. The molecule has 0 aliphatic heterocycles. The molecule has 0 saturated carbocycles. The van der Waals surface area contributed by atoms with E-state index in [2.05, 4.69) is 27.7 Å². The van der Waals surface area contributed by atoms with Crippen LogP contribution in [0, 0.1) is 0 Å². The predicted octanol–water partition coefficient (Wildman–Crippen LogP) is 5.52. The maximum Gasteiger partial charge on any atom is 0.193 e. The third-order valence-corrected chi connectivity index (χ3v) is 4.19. The van der Waals surface area contributed by atoms with E-state index in [-0.39, 0.29) is 11.2 Å². The van der Waals surface area contributed by atoms with Crippen molar-refractivity contribution in [2.24, 2.45) is 0 Å². The Morgan fingerprint density at radius 1 is 0.957 bits per heavy atom. The second-order valence-electron chi connectivity index (χ2n) is 6.98. The largest absolute Gasteiger partial charge is 0.461 e. The molecular weight excluding hydrogens is 284 g/mol. The Morgan fingerprint density at radius 2 is 1.61 bits per heavy atom. The number of hydrogen-bond acceptors (Lipinski definition) is 2. The summed E-state index contributed by atoms with van der Waals surface area (Å²) < 4.78 is 5.76. The van der Waals surface area contributed by atoms with Gasteiger partial charge in [0.15, 0.2) is 5.78 Å². The van der Waals surface area contributed by atoms with Crippen LogP contribution < -0.4 is 0 Å². The fraction of sp³-hybridized carbons (Fsp3) is 0.286. The zero-order chi connectivity index (χ0) is 16.6. The summed E-state index contributed by atoms with van der Waals surface area (Å²) in [6, 6.07) is 15.6. The van der Waals surface area contributed by atoms with Crippen LogP contribution in [0.2, 0.25) is 0 Å². The van der Waals surface area contributed by atoms with Gasteiger partial charge in [-0.3, -0.25) is 4.79 Å². The number of rotatable bonds is 3. The highest BCUT2D eigenvalue weighted by molar-refractivity contribution is 6.10. The summed E-state index contributed by atoms with van der Waals surface area (Å²) in [5, 5.41) is 1.04. The average Bonchev–Trinajstić information content (AvgIpc) is 2.95.